The van der Waals surface area contributed by atoms with Gasteiger partial charge in [-0.15, -0.1) is 0 Å². The normalized spacial score (nSPS) is 16.7. The van der Waals surface area contributed by atoms with Crippen molar-refractivity contribution in [2.45, 2.75) is 53.0 Å². The first-order valence-corrected chi connectivity index (χ1v) is 13.6. The number of benzene rings is 2. The summed E-state index contributed by atoms with van der Waals surface area (Å²) < 4.78 is 10.6. The minimum Gasteiger partial charge on any atom is -0.507 e. The second-order valence-corrected chi connectivity index (χ2v) is 10.7. The zero-order chi connectivity index (χ0) is 28.4. The van der Waals surface area contributed by atoms with E-state index < -0.39 is 23.7 Å². The molecule has 9 heteroatoms. The van der Waals surface area contributed by atoms with Crippen molar-refractivity contribution in [3.8, 4) is 5.75 Å². The van der Waals surface area contributed by atoms with Gasteiger partial charge in [0.15, 0.2) is 5.13 Å². The van der Waals surface area contributed by atoms with Gasteiger partial charge >= 0.3 is 11.9 Å². The van der Waals surface area contributed by atoms with Gasteiger partial charge in [-0.05, 0) is 61.1 Å². The summed E-state index contributed by atoms with van der Waals surface area (Å²) in [6, 6.07) is 11.8. The number of aliphatic hydroxyl groups is 1. The summed E-state index contributed by atoms with van der Waals surface area (Å²) >= 11 is 0.970. The van der Waals surface area contributed by atoms with E-state index in [-0.39, 0.29) is 27.3 Å². The zero-order valence-electron chi connectivity index (χ0n) is 22.9. The number of esters is 1. The predicted molar refractivity (Wildman–Crippen MR) is 150 cm³/mol. The molecule has 1 aromatic heterocycles. The van der Waals surface area contributed by atoms with Crippen LogP contribution in [0.5, 0.6) is 5.75 Å². The second-order valence-electron chi connectivity index (χ2n) is 9.72. The van der Waals surface area contributed by atoms with Gasteiger partial charge in [-0.2, -0.15) is 0 Å². The van der Waals surface area contributed by atoms with Gasteiger partial charge in [0.05, 0.1) is 31.0 Å². The fourth-order valence-electron chi connectivity index (χ4n) is 4.50. The minimum absolute atomic E-state index is 0.0496. The molecule has 0 spiro atoms. The molecule has 2 heterocycles. The van der Waals surface area contributed by atoms with Crippen molar-refractivity contribution in [2.75, 3.05) is 18.6 Å². The molecule has 1 aliphatic heterocycles. The molecule has 204 valence electrons. The van der Waals surface area contributed by atoms with Crippen molar-refractivity contribution in [3.05, 3.63) is 80.9 Å². The molecule has 39 heavy (non-hydrogen) atoms. The molecule has 0 saturated carbocycles. The molecule has 1 fully saturated rings. The Balaban J connectivity index is 1.89. The molecule has 1 unspecified atom stereocenters. The molecular formula is C30H32N2O6S. The van der Waals surface area contributed by atoms with E-state index in [9.17, 15) is 19.5 Å². The number of aryl methyl sites for hydroxylation is 2. The average Bonchev–Trinajstić information content (AvgIpc) is 3.43. The number of aliphatic hydroxyl groups excluding tert-OH is 1. The predicted octanol–water partition coefficient (Wildman–Crippen LogP) is 6.09. The Labute approximate surface area is 231 Å². The van der Waals surface area contributed by atoms with Gasteiger partial charge in [-0.1, -0.05) is 56.4 Å². The number of carbonyl (C=O) groups excluding carboxylic acids is 3. The molecule has 0 aliphatic carbocycles. The molecule has 4 rings (SSSR count). The summed E-state index contributed by atoms with van der Waals surface area (Å²) in [5.74, 6) is -1.57. The summed E-state index contributed by atoms with van der Waals surface area (Å²) in [5, 5.41) is 11.6. The number of carbonyl (C=O) groups is 3. The SMILES string of the molecule is CCCOc1ccc(/C(O)=C2/C(=O)C(=O)N(c3nc(C)c(C(=O)OC)s3)C2c2ccc(C(C)C)cc2)cc1C. The highest BCUT2D eigenvalue weighted by molar-refractivity contribution is 7.17. The first-order chi connectivity index (χ1) is 18.6. The van der Waals surface area contributed by atoms with Gasteiger partial charge in [-0.3, -0.25) is 14.5 Å². The highest BCUT2D eigenvalue weighted by atomic mass is 32.1. The maximum absolute atomic E-state index is 13.5. The number of aromatic nitrogens is 1. The highest BCUT2D eigenvalue weighted by Gasteiger charge is 2.48. The third kappa shape index (κ3) is 5.31. The number of hydrogen-bond acceptors (Lipinski definition) is 8. The van der Waals surface area contributed by atoms with Crippen LogP contribution in [-0.2, 0) is 14.3 Å². The second kappa shape index (κ2) is 11.4. The van der Waals surface area contributed by atoms with Crippen LogP contribution in [0.4, 0.5) is 5.13 Å². The monoisotopic (exact) mass is 548 g/mol. The molecule has 8 nitrogen and oxygen atoms in total. The van der Waals surface area contributed by atoms with E-state index in [0.717, 1.165) is 28.9 Å². The highest BCUT2D eigenvalue weighted by Crippen LogP contribution is 2.44. The molecule has 1 aliphatic rings. The third-order valence-electron chi connectivity index (χ3n) is 6.64. The van der Waals surface area contributed by atoms with Gasteiger partial charge < -0.3 is 14.6 Å². The molecule has 0 bridgehead atoms. The number of nitrogens with zero attached hydrogens (tertiary/aromatic N) is 2. The van der Waals surface area contributed by atoms with Crippen LogP contribution < -0.4 is 9.64 Å². The van der Waals surface area contributed by atoms with Gasteiger partial charge in [0.2, 0.25) is 0 Å². The Morgan fingerprint density at radius 2 is 1.82 bits per heavy atom. The molecule has 0 radical (unpaired) electrons. The van der Waals surface area contributed by atoms with E-state index in [1.165, 1.54) is 12.0 Å². The summed E-state index contributed by atoms with van der Waals surface area (Å²) in [4.78, 5) is 45.2. The summed E-state index contributed by atoms with van der Waals surface area (Å²) in [6.45, 7) is 10.2. The molecule has 1 amide bonds. The fourth-order valence-corrected chi connectivity index (χ4v) is 5.51. The minimum atomic E-state index is -0.946. The largest absolute Gasteiger partial charge is 0.507 e. The fraction of sp³-hybridized carbons (Fsp3) is 0.333. The van der Waals surface area contributed by atoms with E-state index in [0.29, 0.717) is 29.2 Å². The first kappa shape index (κ1) is 28.0. The lowest BCUT2D eigenvalue weighted by Gasteiger charge is -2.23. The Morgan fingerprint density at radius 1 is 1.13 bits per heavy atom. The number of hydrogen-bond donors (Lipinski definition) is 1. The maximum Gasteiger partial charge on any atom is 0.350 e. The quantitative estimate of drug-likeness (QED) is 0.157. The van der Waals surface area contributed by atoms with E-state index in [2.05, 4.69) is 18.8 Å². The lowest BCUT2D eigenvalue weighted by atomic mass is 9.93. The molecule has 1 N–H and O–H groups in total. The Bertz CT molecular complexity index is 1450. The van der Waals surface area contributed by atoms with E-state index >= 15 is 0 Å². The third-order valence-corrected chi connectivity index (χ3v) is 7.77. The Morgan fingerprint density at radius 3 is 2.41 bits per heavy atom. The van der Waals surface area contributed by atoms with Crippen molar-refractivity contribution in [1.29, 1.82) is 0 Å². The average molecular weight is 549 g/mol. The number of anilines is 1. The lowest BCUT2D eigenvalue weighted by molar-refractivity contribution is -0.132. The topological polar surface area (TPSA) is 106 Å². The van der Waals surface area contributed by atoms with Crippen LogP contribution in [0.1, 0.15) is 76.8 Å². The van der Waals surface area contributed by atoms with Crippen molar-refractivity contribution in [1.82, 2.24) is 4.98 Å². The number of methoxy groups -OCH3 is 1. The van der Waals surface area contributed by atoms with Crippen molar-refractivity contribution in [2.24, 2.45) is 0 Å². The number of thiazole rings is 1. The van der Waals surface area contributed by atoms with Crippen LogP contribution in [0.2, 0.25) is 0 Å². The van der Waals surface area contributed by atoms with Crippen LogP contribution in [0.25, 0.3) is 5.76 Å². The van der Waals surface area contributed by atoms with Gasteiger partial charge in [0.1, 0.15) is 16.4 Å². The van der Waals surface area contributed by atoms with E-state index in [1.54, 1.807) is 25.1 Å². The van der Waals surface area contributed by atoms with Gasteiger partial charge in [-0.25, -0.2) is 9.78 Å². The smallest absolute Gasteiger partial charge is 0.350 e. The van der Waals surface area contributed by atoms with Crippen LogP contribution in [0.15, 0.2) is 48.0 Å². The van der Waals surface area contributed by atoms with Crippen LogP contribution in [-0.4, -0.2) is 41.5 Å². The molecule has 3 aromatic rings. The van der Waals surface area contributed by atoms with Crippen LogP contribution in [0.3, 0.4) is 0 Å². The Hall–Kier alpha value is -3.98. The summed E-state index contributed by atoms with van der Waals surface area (Å²) in [7, 11) is 1.27. The van der Waals surface area contributed by atoms with Crippen molar-refractivity contribution in [3.63, 3.8) is 0 Å². The number of amides is 1. The first-order valence-electron chi connectivity index (χ1n) is 12.8. The lowest BCUT2D eigenvalue weighted by Crippen LogP contribution is -2.29. The van der Waals surface area contributed by atoms with E-state index in [4.69, 9.17) is 9.47 Å². The maximum atomic E-state index is 13.5. The molecule has 1 saturated heterocycles. The number of Topliss-reactive ketones (excluding diaryl/α,β-unsaturated/α-hetero) is 1. The number of rotatable bonds is 8. The van der Waals surface area contributed by atoms with Gasteiger partial charge in [0.25, 0.3) is 5.78 Å². The van der Waals surface area contributed by atoms with Crippen molar-refractivity contribution >= 4 is 39.9 Å². The summed E-state index contributed by atoms with van der Waals surface area (Å²) in [6.07, 6.45) is 0.855. The standard InChI is InChI=1S/C30H32N2O6S/c1-7-14-38-22-13-12-21(15-17(22)4)25(33)23-24(20-10-8-19(9-11-20)16(2)3)32(28(35)26(23)34)30-31-18(5)27(39-30)29(36)37-6/h8-13,15-16,24,33H,7,14H2,1-6H3/b25-23-. The van der Waals surface area contributed by atoms with Crippen LogP contribution >= 0.6 is 11.3 Å². The van der Waals surface area contributed by atoms with E-state index in [1.807, 2.05) is 38.1 Å². The van der Waals surface area contributed by atoms with Gasteiger partial charge in [0, 0.05) is 5.56 Å². The Kier molecular flexibility index (Phi) is 8.20. The summed E-state index contributed by atoms with van der Waals surface area (Å²) in [5.41, 5.74) is 3.24. The van der Waals surface area contributed by atoms with Crippen LogP contribution in [0, 0.1) is 13.8 Å². The van der Waals surface area contributed by atoms with Crippen molar-refractivity contribution < 1.29 is 29.0 Å². The molecular weight excluding hydrogens is 516 g/mol. The number of ketones is 1. The molecule has 2 aromatic carbocycles. The number of ether oxygens (including phenoxy) is 2. The molecule has 1 atom stereocenters. The zero-order valence-corrected chi connectivity index (χ0v) is 23.7.